The number of aliphatic carboxylic acids is 1. The molecule has 4 nitrogen and oxygen atoms in total. The van der Waals surface area contributed by atoms with Crippen molar-refractivity contribution >= 4 is 29.0 Å². The minimum atomic E-state index is -1.11. The number of carbonyl (C=O) groups is 1. The zero-order valence-electron chi connectivity index (χ0n) is 9.88. The third kappa shape index (κ3) is 3.33. The molecule has 96 valence electrons. The summed E-state index contributed by atoms with van der Waals surface area (Å²) < 4.78 is 0. The molecule has 0 bridgehead atoms. The van der Waals surface area contributed by atoms with Crippen LogP contribution in [-0.4, -0.2) is 16.8 Å². The molecule has 0 aromatic heterocycles. The number of para-hydroxylation sites is 1. The van der Waals surface area contributed by atoms with E-state index in [2.05, 4.69) is 10.5 Å². The predicted molar refractivity (Wildman–Crippen MR) is 75.7 cm³/mol. The zero-order valence-corrected chi connectivity index (χ0v) is 10.6. The van der Waals surface area contributed by atoms with Gasteiger partial charge in [0.1, 0.15) is 0 Å². The van der Waals surface area contributed by atoms with Gasteiger partial charge in [0.2, 0.25) is 0 Å². The molecule has 19 heavy (non-hydrogen) atoms. The third-order valence-corrected chi connectivity index (χ3v) is 2.74. The number of carboxylic acids is 1. The highest BCUT2D eigenvalue weighted by Gasteiger charge is 2.12. The largest absolute Gasteiger partial charge is 0.476 e. The van der Waals surface area contributed by atoms with E-state index in [-0.39, 0.29) is 5.71 Å². The number of anilines is 1. The van der Waals surface area contributed by atoms with E-state index in [0.717, 1.165) is 0 Å². The molecule has 5 heteroatoms. The quantitative estimate of drug-likeness (QED) is 0.665. The first-order chi connectivity index (χ1) is 9.18. The molecule has 0 unspecified atom stereocenters. The number of carboxylic acid groups (broad SMARTS) is 1. The molecule has 0 aliphatic carbocycles. The van der Waals surface area contributed by atoms with Crippen molar-refractivity contribution in [2.75, 3.05) is 5.43 Å². The Labute approximate surface area is 115 Å². The molecule has 2 N–H and O–H groups in total. The van der Waals surface area contributed by atoms with Crippen molar-refractivity contribution < 1.29 is 9.90 Å². The van der Waals surface area contributed by atoms with E-state index >= 15 is 0 Å². The minimum Gasteiger partial charge on any atom is -0.476 e. The summed E-state index contributed by atoms with van der Waals surface area (Å²) >= 11 is 5.95. The number of hydrazone groups is 1. The van der Waals surface area contributed by atoms with Gasteiger partial charge in [-0.05, 0) is 12.1 Å². The summed E-state index contributed by atoms with van der Waals surface area (Å²) in [5.74, 6) is -1.11. The number of rotatable bonds is 4. The Bertz CT molecular complexity index is 612. The maximum Gasteiger partial charge on any atom is 0.356 e. The lowest BCUT2D eigenvalue weighted by Crippen LogP contribution is -2.16. The summed E-state index contributed by atoms with van der Waals surface area (Å²) in [5.41, 5.74) is 3.68. The minimum absolute atomic E-state index is 0.0690. The van der Waals surface area contributed by atoms with Crippen LogP contribution >= 0.6 is 11.6 Å². The molecule has 0 aliphatic heterocycles. The molecule has 0 atom stereocenters. The predicted octanol–water partition coefficient (Wildman–Crippen LogP) is 3.24. The number of benzene rings is 2. The Balaban J connectivity index is 2.29. The standard InChI is InChI=1S/C14H11ClN2O2/c15-11-8-4-5-9-12(11)16-17-13(14(18)19)10-6-2-1-3-7-10/h1-9,16H,(H,18,19). The molecule has 0 fully saturated rings. The second kappa shape index (κ2) is 6.02. The third-order valence-electron chi connectivity index (χ3n) is 2.41. The first kappa shape index (κ1) is 13.1. The maximum absolute atomic E-state index is 11.2. The molecule has 2 aromatic rings. The van der Waals surface area contributed by atoms with Crippen molar-refractivity contribution in [2.45, 2.75) is 0 Å². The van der Waals surface area contributed by atoms with Gasteiger partial charge in [-0.1, -0.05) is 54.1 Å². The molecule has 2 aromatic carbocycles. The molecule has 0 heterocycles. The zero-order chi connectivity index (χ0) is 13.7. The van der Waals surface area contributed by atoms with Gasteiger partial charge < -0.3 is 5.11 Å². The van der Waals surface area contributed by atoms with Gasteiger partial charge in [0.25, 0.3) is 0 Å². The summed E-state index contributed by atoms with van der Waals surface area (Å²) in [7, 11) is 0. The average Bonchev–Trinajstić information content (AvgIpc) is 2.42. The van der Waals surface area contributed by atoms with E-state index in [1.54, 1.807) is 48.5 Å². The van der Waals surface area contributed by atoms with Crippen LogP contribution in [-0.2, 0) is 4.79 Å². The van der Waals surface area contributed by atoms with Crippen molar-refractivity contribution in [3.63, 3.8) is 0 Å². The van der Waals surface area contributed by atoms with Crippen LogP contribution in [0.5, 0.6) is 0 Å². The Morgan fingerprint density at radius 2 is 1.68 bits per heavy atom. The number of hydrogen-bond acceptors (Lipinski definition) is 3. The highest BCUT2D eigenvalue weighted by atomic mass is 35.5. The second-order valence-corrected chi connectivity index (χ2v) is 4.13. The van der Waals surface area contributed by atoms with E-state index in [4.69, 9.17) is 11.6 Å². The van der Waals surface area contributed by atoms with E-state index in [1.165, 1.54) is 0 Å². The van der Waals surface area contributed by atoms with E-state index < -0.39 is 5.97 Å². The summed E-state index contributed by atoms with van der Waals surface area (Å²) in [6.07, 6.45) is 0. The molecule has 0 saturated carbocycles. The van der Waals surface area contributed by atoms with Crippen LogP contribution in [0.4, 0.5) is 5.69 Å². The smallest absolute Gasteiger partial charge is 0.356 e. The van der Waals surface area contributed by atoms with Crippen LogP contribution in [0.2, 0.25) is 5.02 Å². The summed E-state index contributed by atoms with van der Waals surface area (Å²) in [6, 6.07) is 15.7. The lowest BCUT2D eigenvalue weighted by atomic mass is 10.1. The van der Waals surface area contributed by atoms with Gasteiger partial charge in [0.15, 0.2) is 5.71 Å². The van der Waals surface area contributed by atoms with Gasteiger partial charge >= 0.3 is 5.97 Å². The van der Waals surface area contributed by atoms with Crippen LogP contribution in [0.1, 0.15) is 5.56 Å². The van der Waals surface area contributed by atoms with Crippen LogP contribution in [0, 0.1) is 0 Å². The van der Waals surface area contributed by atoms with E-state index in [9.17, 15) is 9.90 Å². The monoisotopic (exact) mass is 274 g/mol. The van der Waals surface area contributed by atoms with Gasteiger partial charge in [0, 0.05) is 5.56 Å². The van der Waals surface area contributed by atoms with Crippen molar-refractivity contribution in [1.82, 2.24) is 0 Å². The van der Waals surface area contributed by atoms with Crippen molar-refractivity contribution in [3.05, 3.63) is 65.2 Å². The average molecular weight is 275 g/mol. The Morgan fingerprint density at radius 3 is 2.32 bits per heavy atom. The fraction of sp³-hybridized carbons (Fsp3) is 0. The topological polar surface area (TPSA) is 61.7 Å². The SMILES string of the molecule is O=C(O)C(=NNc1ccccc1Cl)c1ccccc1. The van der Waals surface area contributed by atoms with Gasteiger partial charge in [0.05, 0.1) is 10.7 Å². The van der Waals surface area contributed by atoms with Crippen LogP contribution in [0.15, 0.2) is 59.7 Å². The first-order valence-corrected chi connectivity index (χ1v) is 5.93. The number of halogens is 1. The summed E-state index contributed by atoms with van der Waals surface area (Å²) in [4.78, 5) is 11.2. The van der Waals surface area contributed by atoms with E-state index in [0.29, 0.717) is 16.3 Å². The van der Waals surface area contributed by atoms with Gasteiger partial charge in [-0.3, -0.25) is 5.43 Å². The molecule has 2 rings (SSSR count). The van der Waals surface area contributed by atoms with Gasteiger partial charge in [-0.2, -0.15) is 5.10 Å². The number of nitrogens with zero attached hydrogens (tertiary/aromatic N) is 1. The molecule has 0 radical (unpaired) electrons. The Kier molecular flexibility index (Phi) is 4.15. The highest BCUT2D eigenvalue weighted by Crippen LogP contribution is 2.20. The lowest BCUT2D eigenvalue weighted by molar-refractivity contribution is -0.129. The molecule has 0 saturated heterocycles. The first-order valence-electron chi connectivity index (χ1n) is 5.55. The second-order valence-electron chi connectivity index (χ2n) is 3.72. The number of hydrogen-bond donors (Lipinski definition) is 2. The fourth-order valence-electron chi connectivity index (χ4n) is 1.50. The van der Waals surface area contributed by atoms with Gasteiger partial charge in [-0.15, -0.1) is 0 Å². The van der Waals surface area contributed by atoms with Crippen molar-refractivity contribution in [2.24, 2.45) is 5.10 Å². The van der Waals surface area contributed by atoms with Crippen LogP contribution < -0.4 is 5.43 Å². The van der Waals surface area contributed by atoms with Gasteiger partial charge in [-0.25, -0.2) is 4.79 Å². The van der Waals surface area contributed by atoms with Crippen LogP contribution in [0.3, 0.4) is 0 Å². The lowest BCUT2D eigenvalue weighted by Gasteiger charge is -2.05. The summed E-state index contributed by atoms with van der Waals surface area (Å²) in [5, 5.41) is 13.6. The fourth-order valence-corrected chi connectivity index (χ4v) is 1.68. The van der Waals surface area contributed by atoms with Crippen molar-refractivity contribution in [3.8, 4) is 0 Å². The van der Waals surface area contributed by atoms with E-state index in [1.807, 2.05) is 6.07 Å². The Hall–Kier alpha value is -2.33. The van der Waals surface area contributed by atoms with Crippen molar-refractivity contribution in [1.29, 1.82) is 0 Å². The molecule has 0 aliphatic rings. The number of nitrogens with one attached hydrogen (secondary N) is 1. The highest BCUT2D eigenvalue weighted by molar-refractivity contribution is 6.42. The molecular formula is C14H11ClN2O2. The normalized spacial score (nSPS) is 11.1. The summed E-state index contributed by atoms with van der Waals surface area (Å²) in [6.45, 7) is 0. The van der Waals surface area contributed by atoms with Crippen LogP contribution in [0.25, 0.3) is 0 Å². The molecular weight excluding hydrogens is 264 g/mol. The molecule has 0 spiro atoms. The molecule has 0 amide bonds. The Morgan fingerprint density at radius 1 is 1.05 bits per heavy atom. The maximum atomic E-state index is 11.2.